The Labute approximate surface area is 218 Å². The molecule has 37 heavy (non-hydrogen) atoms. The summed E-state index contributed by atoms with van der Waals surface area (Å²) in [6.07, 6.45) is 7.26. The van der Waals surface area contributed by atoms with Crippen molar-refractivity contribution in [3.63, 3.8) is 0 Å². The van der Waals surface area contributed by atoms with E-state index in [-0.39, 0.29) is 23.3 Å². The van der Waals surface area contributed by atoms with E-state index in [1.165, 1.54) is 18.2 Å². The predicted octanol–water partition coefficient (Wildman–Crippen LogP) is 5.68. The molecule has 1 saturated carbocycles. The van der Waals surface area contributed by atoms with Gasteiger partial charge in [-0.3, -0.25) is 14.2 Å². The molecule has 2 aromatic carbocycles. The lowest BCUT2D eigenvalue weighted by atomic mass is 9.95. The molecule has 1 fully saturated rings. The minimum Gasteiger partial charge on any atom is -0.464 e. The van der Waals surface area contributed by atoms with Crippen LogP contribution in [0.5, 0.6) is 0 Å². The van der Waals surface area contributed by atoms with Crippen LogP contribution in [0, 0.1) is 0 Å². The van der Waals surface area contributed by atoms with E-state index in [2.05, 4.69) is 5.32 Å². The molecule has 0 aliphatic heterocycles. The fourth-order valence-corrected chi connectivity index (χ4v) is 6.08. The Morgan fingerprint density at radius 3 is 2.65 bits per heavy atom. The van der Waals surface area contributed by atoms with Crippen LogP contribution in [0.4, 0.5) is 0 Å². The van der Waals surface area contributed by atoms with Crippen LogP contribution < -0.4 is 10.9 Å². The monoisotopic (exact) mass is 512 g/mol. The first kappa shape index (κ1) is 23.6. The van der Waals surface area contributed by atoms with E-state index in [1.54, 1.807) is 10.8 Å². The van der Waals surface area contributed by atoms with Gasteiger partial charge in [-0.1, -0.05) is 49.2 Å². The second-order valence-electron chi connectivity index (χ2n) is 9.53. The third kappa shape index (κ3) is 4.46. The fourth-order valence-electron chi connectivity index (χ4n) is 5.27. The topological polar surface area (TPSA) is 82.1 Å². The van der Waals surface area contributed by atoms with Gasteiger partial charge in [0.25, 0.3) is 5.56 Å². The van der Waals surface area contributed by atoms with Crippen LogP contribution in [-0.2, 0) is 11.8 Å². The number of aromatic nitrogens is 3. The highest BCUT2D eigenvalue weighted by Gasteiger charge is 2.22. The number of aryl methyl sites for hydroxylation is 1. The van der Waals surface area contributed by atoms with Crippen molar-refractivity contribution in [1.29, 1.82) is 0 Å². The highest BCUT2D eigenvalue weighted by Crippen LogP contribution is 2.32. The highest BCUT2D eigenvalue weighted by atomic mass is 32.2. The summed E-state index contributed by atoms with van der Waals surface area (Å²) in [5, 5.41) is 4.54. The third-order valence-corrected chi connectivity index (χ3v) is 8.04. The lowest BCUT2D eigenvalue weighted by molar-refractivity contribution is -0.119. The summed E-state index contributed by atoms with van der Waals surface area (Å²) in [5.74, 6) is 0.929. The molecule has 0 radical (unpaired) electrons. The standard InChI is InChI=1S/C29H28N4O3S/c1-32-23-15-14-19(24-13-8-16-36-24)17-22(23)26-27(32)28(35)33(21-11-6-3-7-12-21)29(31-26)37-18-25(34)30-20-9-4-2-5-10-20/h3,6-8,11-17,20H,2,4-5,9-10,18H2,1H3,(H,30,34). The van der Waals surface area contributed by atoms with E-state index >= 15 is 0 Å². The molecule has 0 bridgehead atoms. The molecule has 3 heterocycles. The molecule has 188 valence electrons. The Morgan fingerprint density at radius 1 is 1.08 bits per heavy atom. The quantitative estimate of drug-likeness (QED) is 0.234. The van der Waals surface area contributed by atoms with E-state index in [9.17, 15) is 9.59 Å². The van der Waals surface area contributed by atoms with Crippen LogP contribution in [-0.4, -0.2) is 31.8 Å². The molecule has 7 nitrogen and oxygen atoms in total. The van der Waals surface area contributed by atoms with Gasteiger partial charge in [-0.05, 0) is 55.3 Å². The van der Waals surface area contributed by atoms with Gasteiger partial charge in [0, 0.05) is 24.0 Å². The van der Waals surface area contributed by atoms with Gasteiger partial charge in [-0.2, -0.15) is 0 Å². The second kappa shape index (κ2) is 9.94. The van der Waals surface area contributed by atoms with Crippen LogP contribution in [0.3, 0.4) is 0 Å². The number of para-hydroxylation sites is 1. The molecular weight excluding hydrogens is 484 g/mol. The van der Waals surface area contributed by atoms with Crippen LogP contribution >= 0.6 is 11.8 Å². The number of thioether (sulfide) groups is 1. The van der Waals surface area contributed by atoms with Crippen molar-refractivity contribution in [2.24, 2.45) is 7.05 Å². The van der Waals surface area contributed by atoms with E-state index in [0.717, 1.165) is 53.6 Å². The zero-order valence-corrected chi connectivity index (χ0v) is 21.5. The molecule has 6 rings (SSSR count). The fraction of sp³-hybridized carbons (Fsp3) is 0.276. The number of carbonyl (C=O) groups is 1. The van der Waals surface area contributed by atoms with Crippen LogP contribution in [0.15, 0.2) is 81.3 Å². The lowest BCUT2D eigenvalue weighted by Gasteiger charge is -2.22. The van der Waals surface area contributed by atoms with Gasteiger partial charge in [-0.15, -0.1) is 0 Å². The predicted molar refractivity (Wildman–Crippen MR) is 147 cm³/mol. The third-order valence-electron chi connectivity index (χ3n) is 7.10. The molecule has 1 aliphatic rings. The summed E-state index contributed by atoms with van der Waals surface area (Å²) in [4.78, 5) is 31.8. The van der Waals surface area contributed by atoms with Gasteiger partial charge in [0.05, 0.1) is 23.2 Å². The number of hydrogen-bond donors (Lipinski definition) is 1. The maximum absolute atomic E-state index is 14.0. The molecule has 0 spiro atoms. The maximum atomic E-state index is 14.0. The van der Waals surface area contributed by atoms with Crippen molar-refractivity contribution in [1.82, 2.24) is 19.4 Å². The second-order valence-corrected chi connectivity index (χ2v) is 10.5. The summed E-state index contributed by atoms with van der Waals surface area (Å²) >= 11 is 1.30. The van der Waals surface area contributed by atoms with Crippen molar-refractivity contribution in [3.05, 3.63) is 77.3 Å². The number of furan rings is 1. The summed E-state index contributed by atoms with van der Waals surface area (Å²) in [6, 6.07) is 19.5. The molecule has 0 saturated heterocycles. The van der Waals surface area contributed by atoms with Crippen molar-refractivity contribution >= 4 is 39.6 Å². The van der Waals surface area contributed by atoms with Gasteiger partial charge >= 0.3 is 0 Å². The molecule has 1 aliphatic carbocycles. The molecule has 5 aromatic rings. The normalized spacial score (nSPS) is 14.4. The van der Waals surface area contributed by atoms with Crippen LogP contribution in [0.1, 0.15) is 32.1 Å². The summed E-state index contributed by atoms with van der Waals surface area (Å²) in [7, 11) is 1.89. The highest BCUT2D eigenvalue weighted by molar-refractivity contribution is 7.99. The van der Waals surface area contributed by atoms with E-state index in [0.29, 0.717) is 16.2 Å². The number of amides is 1. The summed E-state index contributed by atoms with van der Waals surface area (Å²) < 4.78 is 9.11. The number of nitrogens with one attached hydrogen (secondary N) is 1. The van der Waals surface area contributed by atoms with Crippen molar-refractivity contribution in [3.8, 4) is 17.0 Å². The Kier molecular flexibility index (Phi) is 6.34. The minimum atomic E-state index is -0.162. The number of hydrogen-bond acceptors (Lipinski definition) is 5. The number of rotatable bonds is 6. The zero-order valence-electron chi connectivity index (χ0n) is 20.6. The molecular formula is C29H28N4O3S. The number of benzene rings is 2. The van der Waals surface area contributed by atoms with Gasteiger partial charge in [0.2, 0.25) is 5.91 Å². The molecule has 8 heteroatoms. The van der Waals surface area contributed by atoms with Crippen LogP contribution in [0.2, 0.25) is 0 Å². The Bertz CT molecular complexity index is 1630. The van der Waals surface area contributed by atoms with E-state index in [1.807, 2.05) is 72.3 Å². The molecule has 1 N–H and O–H groups in total. The zero-order chi connectivity index (χ0) is 25.4. The van der Waals surface area contributed by atoms with Gasteiger partial charge < -0.3 is 14.3 Å². The lowest BCUT2D eigenvalue weighted by Crippen LogP contribution is -2.37. The largest absolute Gasteiger partial charge is 0.464 e. The Balaban J connectivity index is 1.45. The molecule has 1 amide bonds. The van der Waals surface area contributed by atoms with Crippen molar-refractivity contribution in [2.45, 2.75) is 43.3 Å². The Hall–Kier alpha value is -3.78. The van der Waals surface area contributed by atoms with Crippen LogP contribution in [0.25, 0.3) is 38.9 Å². The average molecular weight is 513 g/mol. The first-order chi connectivity index (χ1) is 18.1. The van der Waals surface area contributed by atoms with Crippen molar-refractivity contribution in [2.75, 3.05) is 5.75 Å². The molecule has 3 aromatic heterocycles. The average Bonchev–Trinajstić information content (AvgIpc) is 3.56. The number of carbonyl (C=O) groups excluding carboxylic acids is 1. The van der Waals surface area contributed by atoms with Gasteiger partial charge in [-0.25, -0.2) is 4.98 Å². The Morgan fingerprint density at radius 2 is 1.89 bits per heavy atom. The smallest absolute Gasteiger partial charge is 0.283 e. The molecule has 0 atom stereocenters. The van der Waals surface area contributed by atoms with Gasteiger partial charge in [0.15, 0.2) is 5.16 Å². The van der Waals surface area contributed by atoms with Gasteiger partial charge in [0.1, 0.15) is 16.8 Å². The number of nitrogens with zero attached hydrogens (tertiary/aromatic N) is 3. The van der Waals surface area contributed by atoms with E-state index in [4.69, 9.17) is 9.40 Å². The van der Waals surface area contributed by atoms with Crippen molar-refractivity contribution < 1.29 is 9.21 Å². The van der Waals surface area contributed by atoms with E-state index < -0.39 is 0 Å². The first-order valence-corrected chi connectivity index (χ1v) is 13.7. The number of fused-ring (bicyclic) bond motifs is 3. The minimum absolute atomic E-state index is 0.0242. The SMILES string of the molecule is Cn1c2ccc(-c3ccco3)cc2c2nc(SCC(=O)NC3CCCCC3)n(-c3ccccc3)c(=O)c21. The maximum Gasteiger partial charge on any atom is 0.283 e. The molecule has 0 unspecified atom stereocenters. The summed E-state index contributed by atoms with van der Waals surface area (Å²) in [5.41, 5.74) is 3.53. The summed E-state index contributed by atoms with van der Waals surface area (Å²) in [6.45, 7) is 0. The first-order valence-electron chi connectivity index (χ1n) is 12.7.